The molecule has 1 fully saturated rings. The minimum atomic E-state index is 0.513. The Kier molecular flexibility index (Phi) is 2.52. The SMILES string of the molecule is CC1CCCN1C(=N)/C=C\N. The Bertz CT molecular complexity index is 174. The summed E-state index contributed by atoms with van der Waals surface area (Å²) in [7, 11) is 0. The van der Waals surface area contributed by atoms with Crippen molar-refractivity contribution in [3.8, 4) is 0 Å². The van der Waals surface area contributed by atoms with E-state index in [2.05, 4.69) is 11.8 Å². The first-order valence-electron chi connectivity index (χ1n) is 3.99. The smallest absolute Gasteiger partial charge is 0.122 e. The average molecular weight is 153 g/mol. The Morgan fingerprint density at radius 2 is 2.45 bits per heavy atom. The lowest BCUT2D eigenvalue weighted by molar-refractivity contribution is 0.414. The van der Waals surface area contributed by atoms with Crippen LogP contribution in [0, 0.1) is 5.41 Å². The summed E-state index contributed by atoms with van der Waals surface area (Å²) >= 11 is 0. The molecule has 0 saturated carbocycles. The van der Waals surface area contributed by atoms with Gasteiger partial charge in [-0.2, -0.15) is 0 Å². The summed E-state index contributed by atoms with van der Waals surface area (Å²) in [5.74, 6) is 0.539. The molecule has 3 nitrogen and oxygen atoms in total. The Balaban J connectivity index is 2.52. The summed E-state index contributed by atoms with van der Waals surface area (Å²) in [5, 5.41) is 7.58. The predicted molar refractivity (Wildman–Crippen MR) is 46.5 cm³/mol. The van der Waals surface area contributed by atoms with Crippen molar-refractivity contribution in [2.24, 2.45) is 5.73 Å². The van der Waals surface area contributed by atoms with E-state index in [1.54, 1.807) is 6.08 Å². The third kappa shape index (κ3) is 1.73. The molecular formula is C8H15N3. The molecule has 1 saturated heterocycles. The van der Waals surface area contributed by atoms with Crippen LogP contribution in [0.3, 0.4) is 0 Å². The highest BCUT2D eigenvalue weighted by molar-refractivity contribution is 5.90. The van der Waals surface area contributed by atoms with Gasteiger partial charge in [0.15, 0.2) is 0 Å². The van der Waals surface area contributed by atoms with Crippen LogP contribution in [0.5, 0.6) is 0 Å². The van der Waals surface area contributed by atoms with Crippen LogP contribution in [0.2, 0.25) is 0 Å². The Morgan fingerprint density at radius 3 is 2.91 bits per heavy atom. The van der Waals surface area contributed by atoms with Crippen molar-refractivity contribution in [3.05, 3.63) is 12.3 Å². The van der Waals surface area contributed by atoms with Gasteiger partial charge >= 0.3 is 0 Å². The van der Waals surface area contributed by atoms with Gasteiger partial charge < -0.3 is 10.6 Å². The van der Waals surface area contributed by atoms with E-state index in [-0.39, 0.29) is 0 Å². The van der Waals surface area contributed by atoms with Crippen LogP contribution in [-0.2, 0) is 0 Å². The lowest BCUT2D eigenvalue weighted by Crippen LogP contribution is -2.31. The number of nitrogens with two attached hydrogens (primary N) is 1. The summed E-state index contributed by atoms with van der Waals surface area (Å²) in [6, 6.07) is 0.513. The van der Waals surface area contributed by atoms with E-state index in [1.165, 1.54) is 19.0 Å². The number of nitrogens with zero attached hydrogens (tertiary/aromatic N) is 1. The molecule has 0 aromatic heterocycles. The molecule has 0 amide bonds. The van der Waals surface area contributed by atoms with Gasteiger partial charge in [0.25, 0.3) is 0 Å². The molecule has 0 bridgehead atoms. The maximum absolute atomic E-state index is 7.58. The van der Waals surface area contributed by atoms with Crippen LogP contribution in [0.25, 0.3) is 0 Å². The van der Waals surface area contributed by atoms with Gasteiger partial charge in [-0.25, -0.2) is 0 Å². The molecule has 0 radical (unpaired) electrons. The quantitative estimate of drug-likeness (QED) is 0.435. The first kappa shape index (κ1) is 8.11. The fourth-order valence-corrected chi connectivity index (χ4v) is 1.48. The van der Waals surface area contributed by atoms with Crippen molar-refractivity contribution in [2.75, 3.05) is 6.54 Å². The van der Waals surface area contributed by atoms with Gasteiger partial charge in [0.1, 0.15) is 5.84 Å². The number of rotatable bonds is 1. The highest BCUT2D eigenvalue weighted by Crippen LogP contribution is 2.16. The van der Waals surface area contributed by atoms with Crippen molar-refractivity contribution < 1.29 is 0 Å². The highest BCUT2D eigenvalue weighted by atomic mass is 15.2. The van der Waals surface area contributed by atoms with Crippen molar-refractivity contribution in [1.82, 2.24) is 4.90 Å². The minimum absolute atomic E-state index is 0.513. The monoisotopic (exact) mass is 153 g/mol. The maximum Gasteiger partial charge on any atom is 0.122 e. The highest BCUT2D eigenvalue weighted by Gasteiger charge is 2.20. The Hall–Kier alpha value is -0.990. The van der Waals surface area contributed by atoms with E-state index < -0.39 is 0 Å². The number of nitrogens with one attached hydrogen (secondary N) is 1. The van der Waals surface area contributed by atoms with E-state index in [9.17, 15) is 0 Å². The van der Waals surface area contributed by atoms with E-state index in [0.717, 1.165) is 6.54 Å². The Morgan fingerprint density at radius 1 is 1.73 bits per heavy atom. The largest absolute Gasteiger partial charge is 0.404 e. The zero-order chi connectivity index (χ0) is 8.27. The van der Waals surface area contributed by atoms with Gasteiger partial charge in [0, 0.05) is 12.6 Å². The molecule has 1 rings (SSSR count). The fourth-order valence-electron chi connectivity index (χ4n) is 1.48. The number of amidine groups is 1. The van der Waals surface area contributed by atoms with Gasteiger partial charge in [0.2, 0.25) is 0 Å². The number of hydrogen-bond donors (Lipinski definition) is 2. The predicted octanol–water partition coefficient (Wildman–Crippen LogP) is 0.920. The first-order valence-corrected chi connectivity index (χ1v) is 3.99. The number of likely N-dealkylation sites (tertiary alicyclic amines) is 1. The molecule has 1 unspecified atom stereocenters. The molecule has 0 aromatic carbocycles. The van der Waals surface area contributed by atoms with Crippen molar-refractivity contribution >= 4 is 5.84 Å². The molecule has 0 spiro atoms. The summed E-state index contributed by atoms with van der Waals surface area (Å²) in [5.41, 5.74) is 5.19. The molecule has 0 aliphatic carbocycles. The van der Waals surface area contributed by atoms with Gasteiger partial charge in [-0.15, -0.1) is 0 Å². The van der Waals surface area contributed by atoms with Crippen LogP contribution >= 0.6 is 0 Å². The van der Waals surface area contributed by atoms with E-state index in [1.807, 2.05) is 0 Å². The summed E-state index contributed by atoms with van der Waals surface area (Å²) in [4.78, 5) is 2.07. The molecule has 1 aliphatic heterocycles. The lowest BCUT2D eigenvalue weighted by atomic mass is 10.2. The molecule has 3 heteroatoms. The third-order valence-corrected chi connectivity index (χ3v) is 2.12. The molecule has 1 atom stereocenters. The van der Waals surface area contributed by atoms with Gasteiger partial charge in [-0.3, -0.25) is 5.41 Å². The van der Waals surface area contributed by atoms with Crippen LogP contribution < -0.4 is 5.73 Å². The van der Waals surface area contributed by atoms with Gasteiger partial charge in [-0.1, -0.05) is 0 Å². The molecule has 62 valence electrons. The van der Waals surface area contributed by atoms with Crippen molar-refractivity contribution in [1.29, 1.82) is 5.41 Å². The zero-order valence-electron chi connectivity index (χ0n) is 6.88. The minimum Gasteiger partial charge on any atom is -0.404 e. The second-order valence-corrected chi connectivity index (χ2v) is 2.93. The second kappa shape index (κ2) is 3.42. The maximum atomic E-state index is 7.58. The molecule has 1 aliphatic rings. The van der Waals surface area contributed by atoms with E-state index in [4.69, 9.17) is 11.1 Å². The zero-order valence-corrected chi connectivity index (χ0v) is 6.88. The molecule has 0 aromatic rings. The topological polar surface area (TPSA) is 53.1 Å². The summed E-state index contributed by atoms with van der Waals surface area (Å²) < 4.78 is 0. The van der Waals surface area contributed by atoms with Crippen LogP contribution in [0.15, 0.2) is 12.3 Å². The van der Waals surface area contributed by atoms with Crippen LogP contribution in [-0.4, -0.2) is 23.3 Å². The van der Waals surface area contributed by atoms with Gasteiger partial charge in [0.05, 0.1) is 0 Å². The van der Waals surface area contributed by atoms with Crippen LogP contribution in [0.1, 0.15) is 19.8 Å². The molecule has 11 heavy (non-hydrogen) atoms. The van der Waals surface area contributed by atoms with E-state index >= 15 is 0 Å². The van der Waals surface area contributed by atoms with Gasteiger partial charge in [-0.05, 0) is 32.0 Å². The first-order chi connectivity index (χ1) is 5.25. The molecular weight excluding hydrogens is 138 g/mol. The summed E-state index contributed by atoms with van der Waals surface area (Å²) in [6.45, 7) is 3.15. The van der Waals surface area contributed by atoms with Crippen molar-refractivity contribution in [3.63, 3.8) is 0 Å². The molecule has 1 heterocycles. The Labute approximate surface area is 67.4 Å². The van der Waals surface area contributed by atoms with Crippen molar-refractivity contribution in [2.45, 2.75) is 25.8 Å². The lowest BCUT2D eigenvalue weighted by Gasteiger charge is -2.21. The second-order valence-electron chi connectivity index (χ2n) is 2.93. The summed E-state index contributed by atoms with van der Waals surface area (Å²) in [6.07, 6.45) is 5.46. The normalized spacial score (nSPS) is 24.8. The number of hydrogen-bond acceptors (Lipinski definition) is 2. The van der Waals surface area contributed by atoms with Crippen LogP contribution in [0.4, 0.5) is 0 Å². The standard InChI is InChI=1S/C8H15N3/c1-7-3-2-6-11(7)8(10)4-5-9/h4-5,7,10H,2-3,6,9H2,1H3/b5-4-,10-8?. The van der Waals surface area contributed by atoms with E-state index in [0.29, 0.717) is 11.9 Å². The molecule has 3 N–H and O–H groups in total. The third-order valence-electron chi connectivity index (χ3n) is 2.12. The average Bonchev–Trinajstić information content (AvgIpc) is 2.36. The fraction of sp³-hybridized carbons (Fsp3) is 0.625.